The molecule has 0 aliphatic carbocycles. The number of rotatable bonds is 7. The molecule has 136 valence electrons. The molecule has 0 radical (unpaired) electrons. The molecule has 0 aliphatic heterocycles. The number of ether oxygens (including phenoxy) is 2. The van der Waals surface area contributed by atoms with Gasteiger partial charge >= 0.3 is 12.6 Å². The van der Waals surface area contributed by atoms with Crippen LogP contribution in [0.15, 0.2) is 48.5 Å². The van der Waals surface area contributed by atoms with E-state index in [0.717, 1.165) is 0 Å². The number of benzene rings is 2. The molecule has 0 spiro atoms. The van der Waals surface area contributed by atoms with Gasteiger partial charge in [-0.2, -0.15) is 8.78 Å². The largest absolute Gasteiger partial charge is 0.452 e. The highest BCUT2D eigenvalue weighted by molar-refractivity contribution is 5.97. The molecule has 2 amide bonds. The minimum atomic E-state index is -3.10. The van der Waals surface area contributed by atoms with Crippen LogP contribution in [0.4, 0.5) is 14.5 Å². The highest BCUT2D eigenvalue weighted by Gasteiger charge is 2.17. The van der Waals surface area contributed by atoms with Crippen LogP contribution in [0.5, 0.6) is 5.75 Å². The van der Waals surface area contributed by atoms with Crippen molar-refractivity contribution in [3.63, 3.8) is 0 Å². The lowest BCUT2D eigenvalue weighted by Crippen LogP contribution is -2.21. The van der Waals surface area contributed by atoms with Crippen molar-refractivity contribution >= 4 is 23.5 Å². The number of hydrogen-bond donors (Lipinski definition) is 2. The van der Waals surface area contributed by atoms with E-state index in [0.29, 0.717) is 5.69 Å². The number of alkyl halides is 2. The average Bonchev–Trinajstić information content (AvgIpc) is 2.60. The topological polar surface area (TPSA) is 108 Å². The number of carbonyl (C=O) groups is 3. The lowest BCUT2D eigenvalue weighted by atomic mass is 10.2. The molecule has 0 fully saturated rings. The van der Waals surface area contributed by atoms with Crippen molar-refractivity contribution in [2.24, 2.45) is 5.73 Å². The van der Waals surface area contributed by atoms with Crippen molar-refractivity contribution in [2.75, 3.05) is 11.9 Å². The van der Waals surface area contributed by atoms with Crippen LogP contribution in [-0.2, 0) is 9.53 Å². The van der Waals surface area contributed by atoms with Gasteiger partial charge in [0.15, 0.2) is 6.61 Å². The molecule has 0 atom stereocenters. The Morgan fingerprint density at radius 1 is 1.04 bits per heavy atom. The van der Waals surface area contributed by atoms with Crippen molar-refractivity contribution < 1.29 is 32.6 Å². The predicted molar refractivity (Wildman–Crippen MR) is 86.9 cm³/mol. The lowest BCUT2D eigenvalue weighted by molar-refractivity contribution is -0.119. The van der Waals surface area contributed by atoms with Crippen molar-refractivity contribution in [3.8, 4) is 5.75 Å². The molecule has 7 nitrogen and oxygen atoms in total. The smallest absolute Gasteiger partial charge is 0.387 e. The Bertz CT molecular complexity index is 809. The number of carbonyl (C=O) groups excluding carboxylic acids is 3. The van der Waals surface area contributed by atoms with Crippen molar-refractivity contribution in [2.45, 2.75) is 6.61 Å². The van der Waals surface area contributed by atoms with Crippen LogP contribution in [0.2, 0.25) is 0 Å². The van der Waals surface area contributed by atoms with E-state index in [1.54, 1.807) is 0 Å². The first-order chi connectivity index (χ1) is 12.4. The van der Waals surface area contributed by atoms with Crippen molar-refractivity contribution in [3.05, 3.63) is 59.7 Å². The molecule has 2 aromatic rings. The molecule has 9 heteroatoms. The number of esters is 1. The fraction of sp³-hybridized carbons (Fsp3) is 0.118. The second kappa shape index (κ2) is 8.56. The van der Waals surface area contributed by atoms with E-state index in [2.05, 4.69) is 10.1 Å². The summed E-state index contributed by atoms with van der Waals surface area (Å²) in [6.45, 7) is -3.74. The maximum Gasteiger partial charge on any atom is 0.387 e. The normalized spacial score (nSPS) is 10.3. The first-order valence-electron chi connectivity index (χ1n) is 7.27. The lowest BCUT2D eigenvalue weighted by Gasteiger charge is -2.10. The Morgan fingerprint density at radius 3 is 2.31 bits per heavy atom. The molecule has 0 heterocycles. The summed E-state index contributed by atoms with van der Waals surface area (Å²) < 4.78 is 33.7. The van der Waals surface area contributed by atoms with Crippen LogP contribution >= 0.6 is 0 Å². The molecule has 0 unspecified atom stereocenters. The predicted octanol–water partition coefficient (Wildman–Crippen LogP) is 2.18. The number of hydrogen-bond acceptors (Lipinski definition) is 5. The molecular formula is C17H14F2N2O5. The van der Waals surface area contributed by atoms with Crippen molar-refractivity contribution in [1.82, 2.24) is 0 Å². The van der Waals surface area contributed by atoms with E-state index >= 15 is 0 Å². The second-order valence-electron chi connectivity index (χ2n) is 4.94. The standard InChI is InChI=1S/C17H14F2N2O5/c18-17(19)26-13-4-2-1-3-12(13)16(24)25-9-14(22)21-11-7-5-10(6-8-11)15(20)23/h1-8,17H,9H2,(H2,20,23)(H,21,22). The third-order valence-electron chi connectivity index (χ3n) is 3.11. The summed E-state index contributed by atoms with van der Waals surface area (Å²) in [5.74, 6) is -2.60. The maximum atomic E-state index is 12.3. The number of nitrogens with two attached hydrogens (primary N) is 1. The van der Waals surface area contributed by atoms with Crippen LogP contribution in [0, 0.1) is 0 Å². The van der Waals surface area contributed by atoms with Gasteiger partial charge in [0, 0.05) is 11.3 Å². The fourth-order valence-electron chi connectivity index (χ4n) is 1.96. The summed E-state index contributed by atoms with van der Waals surface area (Å²) >= 11 is 0. The molecule has 3 N–H and O–H groups in total. The second-order valence-corrected chi connectivity index (χ2v) is 4.94. The molecule has 0 saturated heterocycles. The number of primary amides is 1. The number of para-hydroxylation sites is 1. The van der Waals surface area contributed by atoms with E-state index in [-0.39, 0.29) is 16.9 Å². The summed E-state index contributed by atoms with van der Waals surface area (Å²) in [6.07, 6.45) is 0. The zero-order valence-corrected chi connectivity index (χ0v) is 13.3. The number of halogens is 2. The van der Waals surface area contributed by atoms with Crippen LogP contribution in [0.25, 0.3) is 0 Å². The van der Waals surface area contributed by atoms with E-state index in [1.165, 1.54) is 48.5 Å². The molecule has 0 saturated carbocycles. The third-order valence-corrected chi connectivity index (χ3v) is 3.11. The van der Waals surface area contributed by atoms with E-state index in [9.17, 15) is 23.2 Å². The Hall–Kier alpha value is -3.49. The highest BCUT2D eigenvalue weighted by atomic mass is 19.3. The monoisotopic (exact) mass is 364 g/mol. The highest BCUT2D eigenvalue weighted by Crippen LogP contribution is 2.21. The molecule has 2 aromatic carbocycles. The summed E-state index contributed by atoms with van der Waals surface area (Å²) in [4.78, 5) is 34.7. The fourth-order valence-corrected chi connectivity index (χ4v) is 1.96. The zero-order valence-electron chi connectivity index (χ0n) is 13.3. The van der Waals surface area contributed by atoms with Gasteiger partial charge in [0.2, 0.25) is 5.91 Å². The van der Waals surface area contributed by atoms with Crippen LogP contribution in [-0.4, -0.2) is 31.0 Å². The Labute approximate surface area is 146 Å². The molecular weight excluding hydrogens is 350 g/mol. The van der Waals surface area contributed by atoms with Gasteiger partial charge in [-0.15, -0.1) is 0 Å². The zero-order chi connectivity index (χ0) is 19.1. The van der Waals surface area contributed by atoms with Gasteiger partial charge in [-0.05, 0) is 36.4 Å². The average molecular weight is 364 g/mol. The number of anilines is 1. The van der Waals surface area contributed by atoms with E-state index in [4.69, 9.17) is 10.5 Å². The Balaban J connectivity index is 1.93. The SMILES string of the molecule is NC(=O)c1ccc(NC(=O)COC(=O)c2ccccc2OC(F)F)cc1. The van der Waals surface area contributed by atoms with Gasteiger partial charge in [-0.3, -0.25) is 9.59 Å². The Kier molecular flexibility index (Phi) is 6.20. The summed E-state index contributed by atoms with van der Waals surface area (Å²) in [6, 6.07) is 11.0. The van der Waals surface area contributed by atoms with Crippen LogP contribution in [0.1, 0.15) is 20.7 Å². The van der Waals surface area contributed by atoms with Gasteiger partial charge < -0.3 is 20.5 Å². The summed E-state index contributed by atoms with van der Waals surface area (Å²) in [5, 5.41) is 2.44. The first-order valence-corrected chi connectivity index (χ1v) is 7.27. The number of amides is 2. The summed E-state index contributed by atoms with van der Waals surface area (Å²) in [7, 11) is 0. The van der Waals surface area contributed by atoms with Gasteiger partial charge in [0.1, 0.15) is 11.3 Å². The van der Waals surface area contributed by atoms with E-state index < -0.39 is 31.0 Å². The van der Waals surface area contributed by atoms with Crippen LogP contribution in [0.3, 0.4) is 0 Å². The van der Waals surface area contributed by atoms with Gasteiger partial charge in [-0.25, -0.2) is 4.79 Å². The maximum absolute atomic E-state index is 12.3. The third kappa shape index (κ3) is 5.26. The first kappa shape index (κ1) is 18.8. The quantitative estimate of drug-likeness (QED) is 0.732. The minimum Gasteiger partial charge on any atom is -0.452 e. The molecule has 0 aliphatic rings. The van der Waals surface area contributed by atoms with Gasteiger partial charge in [0.25, 0.3) is 5.91 Å². The molecule has 0 bridgehead atoms. The van der Waals surface area contributed by atoms with Gasteiger partial charge in [-0.1, -0.05) is 12.1 Å². The Morgan fingerprint density at radius 2 is 1.69 bits per heavy atom. The molecule has 0 aromatic heterocycles. The van der Waals surface area contributed by atoms with Gasteiger partial charge in [0.05, 0.1) is 0 Å². The van der Waals surface area contributed by atoms with Crippen LogP contribution < -0.4 is 15.8 Å². The molecule has 2 rings (SSSR count). The number of nitrogens with one attached hydrogen (secondary N) is 1. The molecule has 26 heavy (non-hydrogen) atoms. The minimum absolute atomic E-state index is 0.230. The van der Waals surface area contributed by atoms with Crippen molar-refractivity contribution in [1.29, 1.82) is 0 Å². The van der Waals surface area contributed by atoms with E-state index in [1.807, 2.05) is 0 Å². The summed E-state index contributed by atoms with van der Waals surface area (Å²) in [5.41, 5.74) is 5.50.